The van der Waals surface area contributed by atoms with Gasteiger partial charge < -0.3 is 20.3 Å². The van der Waals surface area contributed by atoms with E-state index in [2.05, 4.69) is 55.6 Å². The number of amides is 1. The van der Waals surface area contributed by atoms with Gasteiger partial charge in [-0.2, -0.15) is 0 Å². The Morgan fingerprint density at radius 3 is 1.12 bits per heavy atom. The summed E-state index contributed by atoms with van der Waals surface area (Å²) < 4.78 is 5.47. The molecular weight excluding hydrogens is 887 g/mol. The number of aliphatic hydroxyl groups excluding tert-OH is 2. The van der Waals surface area contributed by atoms with Crippen LogP contribution in [0.1, 0.15) is 335 Å². The highest BCUT2D eigenvalue weighted by Gasteiger charge is 2.18. The van der Waals surface area contributed by atoms with Crippen molar-refractivity contribution in [2.75, 3.05) is 13.2 Å². The monoisotopic (exact) mass is 1010 g/mol. The fourth-order valence-electron chi connectivity index (χ4n) is 9.67. The predicted molar refractivity (Wildman–Crippen MR) is 315 cm³/mol. The van der Waals surface area contributed by atoms with Gasteiger partial charge in [0.2, 0.25) is 5.91 Å². The summed E-state index contributed by atoms with van der Waals surface area (Å²) in [5.41, 5.74) is 0. The third-order valence-corrected chi connectivity index (χ3v) is 14.5. The number of esters is 1. The summed E-state index contributed by atoms with van der Waals surface area (Å²) in [6.07, 6.45) is 78.8. The molecule has 422 valence electrons. The highest BCUT2D eigenvalue weighted by atomic mass is 16.5. The molecule has 0 aliphatic rings. The summed E-state index contributed by atoms with van der Waals surface area (Å²) in [6, 6.07) is -0.627. The zero-order valence-electron chi connectivity index (χ0n) is 48.2. The van der Waals surface area contributed by atoms with E-state index in [4.69, 9.17) is 4.74 Å². The van der Waals surface area contributed by atoms with Gasteiger partial charge in [-0.1, -0.05) is 287 Å². The SMILES string of the molecule is CCC/C=C\C/C=C\CCCCCCCC(=O)OCCCCCCCCCCCCCC/C=C\CCCCCCCCCCCCCCCC(=O)NC(CO)C(O)/C=C/CCCCCCCCCCCCC. The second kappa shape index (κ2) is 61.4. The lowest BCUT2D eigenvalue weighted by Crippen LogP contribution is -2.45. The van der Waals surface area contributed by atoms with E-state index in [9.17, 15) is 19.8 Å². The van der Waals surface area contributed by atoms with Gasteiger partial charge in [0, 0.05) is 12.8 Å². The van der Waals surface area contributed by atoms with Crippen LogP contribution >= 0.6 is 0 Å². The van der Waals surface area contributed by atoms with E-state index in [1.165, 1.54) is 257 Å². The summed E-state index contributed by atoms with van der Waals surface area (Å²) in [4.78, 5) is 24.5. The van der Waals surface area contributed by atoms with Crippen LogP contribution < -0.4 is 5.32 Å². The van der Waals surface area contributed by atoms with E-state index < -0.39 is 12.1 Å². The zero-order valence-corrected chi connectivity index (χ0v) is 48.2. The normalized spacial score (nSPS) is 12.9. The highest BCUT2D eigenvalue weighted by molar-refractivity contribution is 5.76. The smallest absolute Gasteiger partial charge is 0.305 e. The molecule has 6 heteroatoms. The van der Waals surface area contributed by atoms with Gasteiger partial charge in [0.05, 0.1) is 25.4 Å². The molecule has 6 nitrogen and oxygen atoms in total. The largest absolute Gasteiger partial charge is 0.466 e. The quantitative estimate of drug-likeness (QED) is 0.0320. The summed E-state index contributed by atoms with van der Waals surface area (Å²) in [6.45, 7) is 4.84. The van der Waals surface area contributed by atoms with Crippen molar-refractivity contribution in [1.82, 2.24) is 5.32 Å². The van der Waals surface area contributed by atoms with Gasteiger partial charge in [-0.05, 0) is 83.5 Å². The van der Waals surface area contributed by atoms with Crippen molar-refractivity contribution < 1.29 is 24.5 Å². The van der Waals surface area contributed by atoms with Crippen LogP contribution in [0.15, 0.2) is 48.6 Å². The minimum Gasteiger partial charge on any atom is -0.466 e. The minimum absolute atomic E-state index is 0.000405. The first-order valence-corrected chi connectivity index (χ1v) is 31.9. The molecule has 0 aliphatic heterocycles. The second-order valence-corrected chi connectivity index (χ2v) is 21.7. The van der Waals surface area contributed by atoms with Crippen LogP contribution in [0.4, 0.5) is 0 Å². The molecule has 0 fully saturated rings. The van der Waals surface area contributed by atoms with Crippen molar-refractivity contribution in [3.63, 3.8) is 0 Å². The first-order valence-electron chi connectivity index (χ1n) is 31.9. The molecule has 0 aliphatic carbocycles. The molecule has 0 bridgehead atoms. The Hall–Kier alpha value is -2.18. The fourth-order valence-corrected chi connectivity index (χ4v) is 9.67. The Labute approximate surface area is 448 Å². The molecule has 1 amide bonds. The highest BCUT2D eigenvalue weighted by Crippen LogP contribution is 2.17. The number of carbonyl (C=O) groups excluding carboxylic acids is 2. The van der Waals surface area contributed by atoms with E-state index in [0.717, 1.165) is 51.4 Å². The minimum atomic E-state index is -0.843. The van der Waals surface area contributed by atoms with E-state index in [0.29, 0.717) is 19.4 Å². The average Bonchev–Trinajstić information content (AvgIpc) is 3.38. The molecule has 0 rings (SSSR count). The van der Waals surface area contributed by atoms with Crippen LogP contribution in [0.5, 0.6) is 0 Å². The number of carbonyl (C=O) groups is 2. The fraction of sp³-hybridized carbons (Fsp3) is 0.848. The molecule has 72 heavy (non-hydrogen) atoms. The molecule has 0 radical (unpaired) electrons. The summed E-state index contributed by atoms with van der Waals surface area (Å²) in [5.74, 6) is -0.0666. The lowest BCUT2D eigenvalue weighted by atomic mass is 10.0. The topological polar surface area (TPSA) is 95.9 Å². The molecule has 0 saturated heterocycles. The number of unbranched alkanes of at least 4 members (excludes halogenated alkanes) is 42. The van der Waals surface area contributed by atoms with Crippen molar-refractivity contribution >= 4 is 11.9 Å². The predicted octanol–water partition coefficient (Wildman–Crippen LogP) is 20.1. The number of hydrogen-bond donors (Lipinski definition) is 3. The lowest BCUT2D eigenvalue weighted by Gasteiger charge is -2.20. The van der Waals surface area contributed by atoms with Gasteiger partial charge in [-0.3, -0.25) is 9.59 Å². The Morgan fingerprint density at radius 1 is 0.389 bits per heavy atom. The Kier molecular flexibility index (Phi) is 59.5. The summed E-state index contributed by atoms with van der Waals surface area (Å²) in [7, 11) is 0. The van der Waals surface area contributed by atoms with Crippen LogP contribution in [0.3, 0.4) is 0 Å². The van der Waals surface area contributed by atoms with Gasteiger partial charge in [0.15, 0.2) is 0 Å². The number of allylic oxidation sites excluding steroid dienone is 7. The third-order valence-electron chi connectivity index (χ3n) is 14.5. The van der Waals surface area contributed by atoms with Crippen molar-refractivity contribution in [3.8, 4) is 0 Å². The number of hydrogen-bond acceptors (Lipinski definition) is 5. The first kappa shape index (κ1) is 69.8. The van der Waals surface area contributed by atoms with E-state index in [1.807, 2.05) is 6.08 Å². The summed E-state index contributed by atoms with van der Waals surface area (Å²) >= 11 is 0. The molecule has 0 aromatic carbocycles. The molecule has 0 saturated carbocycles. The van der Waals surface area contributed by atoms with Gasteiger partial charge >= 0.3 is 5.97 Å². The molecule has 0 spiro atoms. The Morgan fingerprint density at radius 2 is 0.722 bits per heavy atom. The van der Waals surface area contributed by atoms with Crippen LogP contribution in [0.25, 0.3) is 0 Å². The van der Waals surface area contributed by atoms with Crippen LogP contribution in [-0.4, -0.2) is 47.4 Å². The van der Waals surface area contributed by atoms with Gasteiger partial charge in [0.1, 0.15) is 0 Å². The van der Waals surface area contributed by atoms with Crippen LogP contribution in [0, 0.1) is 0 Å². The van der Waals surface area contributed by atoms with Gasteiger partial charge in [-0.15, -0.1) is 0 Å². The van der Waals surface area contributed by atoms with Crippen molar-refractivity contribution in [3.05, 3.63) is 48.6 Å². The zero-order chi connectivity index (χ0) is 52.2. The van der Waals surface area contributed by atoms with Crippen molar-refractivity contribution in [2.24, 2.45) is 0 Å². The molecule has 3 N–H and O–H groups in total. The molecule has 2 unspecified atom stereocenters. The first-order chi connectivity index (χ1) is 35.5. The van der Waals surface area contributed by atoms with Gasteiger partial charge in [-0.25, -0.2) is 0 Å². The Bertz CT molecular complexity index is 1210. The van der Waals surface area contributed by atoms with E-state index in [-0.39, 0.29) is 18.5 Å². The van der Waals surface area contributed by atoms with Gasteiger partial charge in [0.25, 0.3) is 0 Å². The van der Waals surface area contributed by atoms with Crippen LogP contribution in [-0.2, 0) is 14.3 Å². The van der Waals surface area contributed by atoms with E-state index >= 15 is 0 Å². The van der Waals surface area contributed by atoms with E-state index in [1.54, 1.807) is 6.08 Å². The maximum absolute atomic E-state index is 12.5. The maximum atomic E-state index is 12.5. The number of rotatable bonds is 59. The third kappa shape index (κ3) is 57.1. The second-order valence-electron chi connectivity index (χ2n) is 21.7. The lowest BCUT2D eigenvalue weighted by molar-refractivity contribution is -0.143. The van der Waals surface area contributed by atoms with Crippen molar-refractivity contribution in [1.29, 1.82) is 0 Å². The molecule has 0 aromatic rings. The molecule has 0 aromatic heterocycles. The average molecular weight is 1010 g/mol. The number of ether oxygens (including phenoxy) is 1. The Balaban J connectivity index is 3.39. The van der Waals surface area contributed by atoms with Crippen molar-refractivity contribution in [2.45, 2.75) is 347 Å². The van der Waals surface area contributed by atoms with Crippen LogP contribution in [0.2, 0.25) is 0 Å². The number of nitrogens with one attached hydrogen (secondary N) is 1. The summed E-state index contributed by atoms with van der Waals surface area (Å²) in [5, 5.41) is 23.1. The molecule has 2 atom stereocenters. The maximum Gasteiger partial charge on any atom is 0.305 e. The standard InChI is InChI=1S/C66H123NO5/c1-3-5-7-9-11-13-15-34-38-42-46-50-54-58-64(69)63(62-68)67-65(70)59-55-51-47-43-39-36-32-30-28-26-24-22-20-18-17-19-21-23-25-27-29-31-33-37-41-45-49-53-57-61-72-66(71)60-56-52-48-44-40-35-16-14-12-10-8-6-4-2/h8,10,14,16-17,19,54,58,63-64,68-69H,3-7,9,11-13,15,18,20-53,55-57,59-62H2,1-2H3,(H,67,70)/b10-8-,16-14-,19-17-,58-54+. The molecular formula is C66H123NO5. The molecule has 0 heterocycles. The number of aliphatic hydroxyl groups is 2.